The van der Waals surface area contributed by atoms with Gasteiger partial charge in [-0.25, -0.2) is 0 Å². The Hall–Kier alpha value is -1.50. The molecule has 84 valence electrons. The summed E-state index contributed by atoms with van der Waals surface area (Å²) in [5.74, 6) is 0.0332. The van der Waals surface area contributed by atoms with Crippen LogP contribution in [0.4, 0.5) is 5.95 Å². The lowest BCUT2D eigenvalue weighted by molar-refractivity contribution is -0.121. The van der Waals surface area contributed by atoms with Gasteiger partial charge >= 0.3 is 0 Å². The van der Waals surface area contributed by atoms with Crippen molar-refractivity contribution in [2.45, 2.75) is 26.3 Å². The van der Waals surface area contributed by atoms with Crippen LogP contribution < -0.4 is 10.6 Å². The molecule has 0 atom stereocenters. The van der Waals surface area contributed by atoms with Crippen LogP contribution in [-0.2, 0) is 11.8 Å². The fourth-order valence-corrected chi connectivity index (χ4v) is 1.11. The second-order valence-corrected chi connectivity index (χ2v) is 3.71. The number of anilines is 1. The fraction of sp³-hybridized carbons (Fsp3) is 0.750. The molecule has 2 N–H and O–H groups in total. The molecular weight excluding hydrogens is 196 g/mol. The summed E-state index contributed by atoms with van der Waals surface area (Å²) in [6.07, 6.45) is 0. The van der Waals surface area contributed by atoms with Gasteiger partial charge in [0.25, 0.3) is 5.95 Å². The van der Waals surface area contributed by atoms with Gasteiger partial charge in [0.1, 0.15) is 0 Å². The molecular formula is C8H16N6O. The molecule has 0 aromatic carbocycles. The molecule has 0 unspecified atom stereocenters. The second-order valence-electron chi connectivity index (χ2n) is 3.71. The zero-order chi connectivity index (χ0) is 11.5. The van der Waals surface area contributed by atoms with Crippen molar-refractivity contribution in [3.05, 3.63) is 0 Å². The van der Waals surface area contributed by atoms with Crippen LogP contribution in [0.2, 0.25) is 0 Å². The van der Waals surface area contributed by atoms with E-state index in [1.54, 1.807) is 20.9 Å². The number of likely N-dealkylation sites (N-methyl/N-ethyl adjacent to an activating group) is 1. The molecule has 7 heteroatoms. The van der Waals surface area contributed by atoms with Gasteiger partial charge in [0, 0.05) is 0 Å². The maximum atomic E-state index is 11.7. The van der Waals surface area contributed by atoms with Crippen molar-refractivity contribution in [3.8, 4) is 0 Å². The van der Waals surface area contributed by atoms with E-state index in [1.165, 1.54) is 4.80 Å². The van der Waals surface area contributed by atoms with Crippen molar-refractivity contribution in [1.29, 1.82) is 0 Å². The number of carbonyl (C=O) groups is 1. The first-order valence-corrected chi connectivity index (χ1v) is 4.76. The molecule has 1 rings (SSSR count). The first-order chi connectivity index (χ1) is 6.95. The summed E-state index contributed by atoms with van der Waals surface area (Å²) < 4.78 is 0. The summed E-state index contributed by atoms with van der Waals surface area (Å²) in [4.78, 5) is 13.0. The minimum absolute atomic E-state index is 0.183. The van der Waals surface area contributed by atoms with Gasteiger partial charge in [-0.15, -0.1) is 5.10 Å². The quantitative estimate of drug-likeness (QED) is 0.705. The maximum Gasteiger partial charge on any atom is 0.270 e. The van der Waals surface area contributed by atoms with Crippen LogP contribution >= 0.6 is 0 Å². The number of nitrogens with one attached hydrogen (secondary N) is 2. The molecule has 15 heavy (non-hydrogen) atoms. The van der Waals surface area contributed by atoms with E-state index in [1.807, 2.05) is 6.92 Å². The van der Waals surface area contributed by atoms with E-state index in [0.717, 1.165) is 0 Å². The molecule has 0 fully saturated rings. The Morgan fingerprint density at radius 2 is 2.20 bits per heavy atom. The van der Waals surface area contributed by atoms with E-state index >= 15 is 0 Å². The maximum absolute atomic E-state index is 11.7. The predicted octanol–water partition coefficient (Wildman–Crippen LogP) is -0.463. The highest BCUT2D eigenvalue weighted by atomic mass is 16.2. The highest BCUT2D eigenvalue weighted by Crippen LogP contribution is 2.05. The third-order valence-electron chi connectivity index (χ3n) is 1.92. The third-order valence-corrected chi connectivity index (χ3v) is 1.92. The van der Waals surface area contributed by atoms with E-state index in [4.69, 9.17) is 0 Å². The Bertz CT molecular complexity index is 345. The van der Waals surface area contributed by atoms with Crippen molar-refractivity contribution in [1.82, 2.24) is 25.5 Å². The molecule has 7 nitrogen and oxygen atoms in total. The minimum atomic E-state index is -0.645. The van der Waals surface area contributed by atoms with Gasteiger partial charge in [-0.3, -0.25) is 10.1 Å². The van der Waals surface area contributed by atoms with E-state index in [-0.39, 0.29) is 11.9 Å². The smallest absolute Gasteiger partial charge is 0.270 e. The number of carbonyl (C=O) groups excluding carboxylic acids is 1. The van der Waals surface area contributed by atoms with Crippen molar-refractivity contribution in [2.75, 3.05) is 11.9 Å². The van der Waals surface area contributed by atoms with Crippen LogP contribution in [0.1, 0.15) is 20.8 Å². The Labute approximate surface area is 88.2 Å². The van der Waals surface area contributed by atoms with Crippen LogP contribution in [0.5, 0.6) is 0 Å². The number of nitrogens with zero attached hydrogens (tertiary/aromatic N) is 4. The van der Waals surface area contributed by atoms with Crippen LogP contribution in [0.3, 0.4) is 0 Å². The molecule has 1 aromatic heterocycles. The van der Waals surface area contributed by atoms with Crippen molar-refractivity contribution in [2.24, 2.45) is 7.05 Å². The number of rotatable bonds is 4. The van der Waals surface area contributed by atoms with Gasteiger partial charge in [0.2, 0.25) is 5.91 Å². The topological polar surface area (TPSA) is 84.7 Å². The molecule has 0 saturated carbocycles. The highest BCUT2D eigenvalue weighted by Gasteiger charge is 2.27. The standard InChI is InChI=1S/C8H16N6O/c1-5-9-8(2,3)6(15)10-7-11-13-14(4)12-7/h9H,5H2,1-4H3,(H,10,12,15). The van der Waals surface area contributed by atoms with E-state index in [0.29, 0.717) is 6.54 Å². The van der Waals surface area contributed by atoms with Crippen LogP contribution in [-0.4, -0.2) is 38.2 Å². The average molecular weight is 212 g/mol. The third kappa shape index (κ3) is 2.98. The lowest BCUT2D eigenvalue weighted by atomic mass is 10.1. The van der Waals surface area contributed by atoms with E-state index in [9.17, 15) is 4.79 Å². The molecule has 0 bridgehead atoms. The summed E-state index contributed by atoms with van der Waals surface area (Å²) >= 11 is 0. The summed E-state index contributed by atoms with van der Waals surface area (Å²) in [6.45, 7) is 6.24. The van der Waals surface area contributed by atoms with Crippen LogP contribution in [0, 0.1) is 0 Å². The number of aromatic nitrogens is 4. The SMILES string of the molecule is CCNC(C)(C)C(=O)Nc1nnn(C)n1. The Morgan fingerprint density at radius 1 is 1.53 bits per heavy atom. The van der Waals surface area contributed by atoms with Crippen molar-refractivity contribution in [3.63, 3.8) is 0 Å². The molecule has 1 aromatic rings. The summed E-state index contributed by atoms with van der Waals surface area (Å²) in [5.41, 5.74) is -0.645. The molecule has 0 aliphatic carbocycles. The van der Waals surface area contributed by atoms with Crippen molar-refractivity contribution < 1.29 is 4.79 Å². The molecule has 0 radical (unpaired) electrons. The number of amides is 1. The van der Waals surface area contributed by atoms with Crippen LogP contribution in [0.25, 0.3) is 0 Å². The summed E-state index contributed by atoms with van der Waals surface area (Å²) in [5, 5.41) is 16.8. The number of hydrogen-bond acceptors (Lipinski definition) is 5. The van der Waals surface area contributed by atoms with Gasteiger partial charge in [0.15, 0.2) is 0 Å². The Balaban J connectivity index is 2.63. The monoisotopic (exact) mass is 212 g/mol. The lowest BCUT2D eigenvalue weighted by Gasteiger charge is -2.23. The Kier molecular flexibility index (Phi) is 3.35. The number of tetrazole rings is 1. The molecule has 1 amide bonds. The molecule has 0 aliphatic rings. The number of hydrogen-bond donors (Lipinski definition) is 2. The van der Waals surface area contributed by atoms with Gasteiger partial charge in [-0.2, -0.15) is 4.80 Å². The molecule has 0 aliphatic heterocycles. The summed E-state index contributed by atoms with van der Waals surface area (Å²) in [6, 6.07) is 0. The predicted molar refractivity (Wildman–Crippen MR) is 55.2 cm³/mol. The first kappa shape index (κ1) is 11.6. The molecule has 1 heterocycles. The normalized spacial score (nSPS) is 11.5. The van der Waals surface area contributed by atoms with Gasteiger partial charge in [-0.05, 0) is 25.6 Å². The molecule has 0 spiro atoms. The zero-order valence-corrected chi connectivity index (χ0v) is 9.40. The zero-order valence-electron chi connectivity index (χ0n) is 9.40. The highest BCUT2D eigenvalue weighted by molar-refractivity contribution is 5.96. The molecule has 0 saturated heterocycles. The largest absolute Gasteiger partial charge is 0.304 e. The van der Waals surface area contributed by atoms with Gasteiger partial charge in [0.05, 0.1) is 12.6 Å². The fourth-order valence-electron chi connectivity index (χ4n) is 1.11. The summed E-state index contributed by atoms with van der Waals surface area (Å²) in [7, 11) is 1.64. The van der Waals surface area contributed by atoms with Crippen LogP contribution in [0.15, 0.2) is 0 Å². The number of aryl methyl sites for hydroxylation is 1. The van der Waals surface area contributed by atoms with E-state index < -0.39 is 5.54 Å². The van der Waals surface area contributed by atoms with Gasteiger partial charge < -0.3 is 5.32 Å². The first-order valence-electron chi connectivity index (χ1n) is 4.76. The van der Waals surface area contributed by atoms with Crippen molar-refractivity contribution >= 4 is 11.9 Å². The average Bonchev–Trinajstić information content (AvgIpc) is 2.51. The van der Waals surface area contributed by atoms with E-state index in [2.05, 4.69) is 26.0 Å². The Morgan fingerprint density at radius 3 is 2.67 bits per heavy atom. The van der Waals surface area contributed by atoms with Gasteiger partial charge in [-0.1, -0.05) is 12.0 Å². The minimum Gasteiger partial charge on any atom is -0.304 e. The second kappa shape index (κ2) is 4.35. The lowest BCUT2D eigenvalue weighted by Crippen LogP contribution is -2.49.